The topological polar surface area (TPSA) is 67.3 Å². The number of aromatic nitrogens is 1. The highest BCUT2D eigenvalue weighted by molar-refractivity contribution is 7.92. The molecule has 1 amide bonds. The molecule has 0 aliphatic rings. The normalized spacial score (nSPS) is 12.6. The van der Waals surface area contributed by atoms with Gasteiger partial charge in [0.05, 0.1) is 12.3 Å². The molecule has 6 heteroatoms. The lowest BCUT2D eigenvalue weighted by Gasteiger charge is -2.25. The zero-order valence-electron chi connectivity index (χ0n) is 13.9. The molecule has 1 atom stereocenters. The minimum atomic E-state index is -3.47. The van der Waals surface area contributed by atoms with Crippen LogP contribution in [0.15, 0.2) is 54.7 Å². The molecule has 0 spiro atoms. The number of benzene rings is 1. The Bertz CT molecular complexity index is 761. The van der Waals surface area contributed by atoms with Crippen molar-refractivity contribution in [2.24, 2.45) is 0 Å². The molecule has 24 heavy (non-hydrogen) atoms. The first-order chi connectivity index (χ1) is 11.5. The third-order valence-corrected chi connectivity index (χ3v) is 6.01. The zero-order valence-corrected chi connectivity index (χ0v) is 14.7. The van der Waals surface area contributed by atoms with Crippen LogP contribution in [0.25, 0.3) is 0 Å². The van der Waals surface area contributed by atoms with E-state index in [1.165, 1.54) is 11.8 Å². The Hall–Kier alpha value is -2.21. The molecular formula is C18H22N2O3S. The van der Waals surface area contributed by atoms with Crippen molar-refractivity contribution in [1.29, 1.82) is 0 Å². The molecule has 0 radical (unpaired) electrons. The number of carbonyl (C=O) groups is 1. The van der Waals surface area contributed by atoms with Crippen LogP contribution in [-0.2, 0) is 21.2 Å². The smallest absolute Gasteiger partial charge is 0.246 e. The van der Waals surface area contributed by atoms with Gasteiger partial charge in [-0.2, -0.15) is 0 Å². The van der Waals surface area contributed by atoms with E-state index in [1.54, 1.807) is 31.3 Å². The van der Waals surface area contributed by atoms with Crippen LogP contribution in [0.3, 0.4) is 0 Å². The summed E-state index contributed by atoms with van der Waals surface area (Å²) in [6.07, 6.45) is 2.08. The summed E-state index contributed by atoms with van der Waals surface area (Å²) >= 11 is 0. The van der Waals surface area contributed by atoms with Crippen LogP contribution in [0.4, 0.5) is 5.82 Å². The van der Waals surface area contributed by atoms with Gasteiger partial charge in [-0.25, -0.2) is 13.4 Å². The lowest BCUT2D eigenvalue weighted by molar-refractivity contribution is -0.118. The van der Waals surface area contributed by atoms with Crippen LogP contribution in [0.1, 0.15) is 25.8 Å². The number of hydrogen-bond donors (Lipinski definition) is 0. The molecule has 0 bridgehead atoms. The van der Waals surface area contributed by atoms with Gasteiger partial charge in [0.25, 0.3) is 0 Å². The number of carbonyl (C=O) groups excluding carboxylic acids is 1. The number of pyridine rings is 1. The number of amides is 1. The molecular weight excluding hydrogens is 324 g/mol. The van der Waals surface area contributed by atoms with Crippen LogP contribution in [0, 0.1) is 0 Å². The van der Waals surface area contributed by atoms with Gasteiger partial charge in [0.1, 0.15) is 11.1 Å². The van der Waals surface area contributed by atoms with Gasteiger partial charge in [-0.3, -0.25) is 9.69 Å². The van der Waals surface area contributed by atoms with Crippen LogP contribution in [0.5, 0.6) is 0 Å². The van der Waals surface area contributed by atoms with Gasteiger partial charge in [-0.1, -0.05) is 43.3 Å². The molecule has 2 rings (SSSR count). The average Bonchev–Trinajstić information content (AvgIpc) is 2.60. The number of anilines is 1. The number of rotatable bonds is 7. The predicted molar refractivity (Wildman–Crippen MR) is 95.4 cm³/mol. The van der Waals surface area contributed by atoms with E-state index in [0.29, 0.717) is 12.2 Å². The van der Waals surface area contributed by atoms with Crippen LogP contribution in [0.2, 0.25) is 0 Å². The van der Waals surface area contributed by atoms with E-state index in [-0.39, 0.29) is 12.3 Å². The molecule has 128 valence electrons. The molecule has 0 fully saturated rings. The summed E-state index contributed by atoms with van der Waals surface area (Å²) in [7, 11) is -3.47. The van der Waals surface area contributed by atoms with E-state index >= 15 is 0 Å². The maximum atomic E-state index is 12.9. The van der Waals surface area contributed by atoms with Crippen molar-refractivity contribution in [3.63, 3.8) is 0 Å². The lowest BCUT2D eigenvalue weighted by atomic mass is 10.2. The minimum absolute atomic E-state index is 0.00129. The van der Waals surface area contributed by atoms with Crippen molar-refractivity contribution in [3.8, 4) is 0 Å². The monoisotopic (exact) mass is 346 g/mol. The second-order valence-electron chi connectivity index (χ2n) is 5.61. The van der Waals surface area contributed by atoms with Gasteiger partial charge in [0.2, 0.25) is 5.91 Å². The summed E-state index contributed by atoms with van der Waals surface area (Å²) < 4.78 is 24.6. The lowest BCUT2D eigenvalue weighted by Crippen LogP contribution is -2.42. The molecule has 0 saturated carbocycles. The molecule has 1 aromatic heterocycles. The Labute approximate surface area is 143 Å². The zero-order chi connectivity index (χ0) is 17.6. The van der Waals surface area contributed by atoms with Gasteiger partial charge >= 0.3 is 0 Å². The highest BCUT2D eigenvalue weighted by Gasteiger charge is 2.32. The van der Waals surface area contributed by atoms with E-state index in [4.69, 9.17) is 0 Å². The Balaban J connectivity index is 2.34. The fourth-order valence-electron chi connectivity index (χ4n) is 2.39. The quantitative estimate of drug-likeness (QED) is 0.773. The highest BCUT2D eigenvalue weighted by atomic mass is 32.2. The highest BCUT2D eigenvalue weighted by Crippen LogP contribution is 2.18. The van der Waals surface area contributed by atoms with Crippen molar-refractivity contribution >= 4 is 21.6 Å². The molecule has 5 nitrogen and oxygen atoms in total. The summed E-state index contributed by atoms with van der Waals surface area (Å²) in [6.45, 7) is 3.52. The van der Waals surface area contributed by atoms with Gasteiger partial charge in [0.15, 0.2) is 9.84 Å². The van der Waals surface area contributed by atoms with E-state index in [2.05, 4.69) is 4.98 Å². The van der Waals surface area contributed by atoms with Gasteiger partial charge in [-0.15, -0.1) is 0 Å². The van der Waals surface area contributed by atoms with Crippen molar-refractivity contribution in [3.05, 3.63) is 60.3 Å². The van der Waals surface area contributed by atoms with Gasteiger partial charge in [0, 0.05) is 6.20 Å². The van der Waals surface area contributed by atoms with E-state index < -0.39 is 21.0 Å². The third kappa shape index (κ3) is 4.41. The molecule has 0 aliphatic carbocycles. The Morgan fingerprint density at radius 2 is 1.79 bits per heavy atom. The van der Waals surface area contributed by atoms with Crippen molar-refractivity contribution in [2.45, 2.75) is 32.1 Å². The summed E-state index contributed by atoms with van der Waals surface area (Å²) in [5.74, 6) is -0.00250. The predicted octanol–water partition coefficient (Wildman–Crippen LogP) is 2.83. The van der Waals surface area contributed by atoms with E-state index in [1.807, 2.05) is 30.3 Å². The van der Waals surface area contributed by atoms with Crippen molar-refractivity contribution in [1.82, 2.24) is 4.98 Å². The number of nitrogens with zero attached hydrogens (tertiary/aromatic N) is 2. The molecule has 0 N–H and O–H groups in total. The van der Waals surface area contributed by atoms with Crippen molar-refractivity contribution < 1.29 is 13.2 Å². The van der Waals surface area contributed by atoms with E-state index in [0.717, 1.165) is 5.56 Å². The first-order valence-electron chi connectivity index (χ1n) is 7.93. The fourth-order valence-corrected chi connectivity index (χ4v) is 3.74. The van der Waals surface area contributed by atoms with Crippen LogP contribution >= 0.6 is 0 Å². The number of sulfone groups is 1. The third-order valence-electron chi connectivity index (χ3n) is 3.75. The van der Waals surface area contributed by atoms with Crippen LogP contribution < -0.4 is 4.90 Å². The maximum absolute atomic E-state index is 12.9. The second kappa shape index (κ2) is 8.06. The maximum Gasteiger partial charge on any atom is 0.246 e. The SMILES string of the molecule is CCCS(=O)(=O)[C@@H](C)C(=O)N(Cc1ccccc1)c1ccccn1. The minimum Gasteiger partial charge on any atom is -0.291 e. The Morgan fingerprint density at radius 3 is 2.38 bits per heavy atom. The summed E-state index contributed by atoms with van der Waals surface area (Å²) in [5.41, 5.74) is 0.914. The second-order valence-corrected chi connectivity index (χ2v) is 8.05. The van der Waals surface area contributed by atoms with E-state index in [9.17, 15) is 13.2 Å². The summed E-state index contributed by atoms with van der Waals surface area (Å²) in [4.78, 5) is 18.5. The molecule has 0 unspecified atom stereocenters. The first kappa shape index (κ1) is 18.1. The van der Waals surface area contributed by atoms with Crippen LogP contribution in [-0.4, -0.2) is 30.3 Å². The molecule has 1 aromatic carbocycles. The summed E-state index contributed by atoms with van der Waals surface area (Å²) in [5, 5.41) is -1.09. The average molecular weight is 346 g/mol. The molecule has 1 heterocycles. The molecule has 0 saturated heterocycles. The fraction of sp³-hybridized carbons (Fsp3) is 0.333. The Kier molecular flexibility index (Phi) is 6.09. The summed E-state index contributed by atoms with van der Waals surface area (Å²) in [6, 6.07) is 14.7. The first-order valence-corrected chi connectivity index (χ1v) is 9.65. The largest absolute Gasteiger partial charge is 0.291 e. The number of hydrogen-bond acceptors (Lipinski definition) is 4. The molecule has 2 aromatic rings. The Morgan fingerprint density at radius 1 is 1.12 bits per heavy atom. The van der Waals surface area contributed by atoms with Gasteiger partial charge in [-0.05, 0) is 31.0 Å². The van der Waals surface area contributed by atoms with Crippen molar-refractivity contribution in [2.75, 3.05) is 10.7 Å². The molecule has 0 aliphatic heterocycles. The standard InChI is InChI=1S/C18H22N2O3S/c1-3-13-24(22,23)15(2)18(21)20(17-11-7-8-12-19-17)14-16-9-5-4-6-10-16/h4-12,15H,3,13-14H2,1-2H3/t15-/m0/s1. The van der Waals surface area contributed by atoms with Gasteiger partial charge < -0.3 is 0 Å².